The molecule has 6 nitrogen and oxygen atoms in total. The summed E-state index contributed by atoms with van der Waals surface area (Å²) in [5, 5.41) is 7.17. The second kappa shape index (κ2) is 7.82. The van der Waals surface area contributed by atoms with Gasteiger partial charge in [0.05, 0.1) is 24.4 Å². The number of aryl methyl sites for hydroxylation is 1. The molecular formula is C13H23IN4O2. The van der Waals surface area contributed by atoms with Gasteiger partial charge in [-0.25, -0.2) is 0 Å². The Bertz CT molecular complexity index is 439. The maximum atomic E-state index is 5.72. The Labute approximate surface area is 137 Å². The molecule has 1 aromatic rings. The SMILES string of the molecule is CN=C(NCc1cc(C)no1)N1CC(C)OC(C)C1.I. The van der Waals surface area contributed by atoms with E-state index in [-0.39, 0.29) is 36.2 Å². The van der Waals surface area contributed by atoms with Crippen molar-refractivity contribution in [1.82, 2.24) is 15.4 Å². The minimum Gasteiger partial charge on any atom is -0.372 e. The molecule has 0 amide bonds. The van der Waals surface area contributed by atoms with Crippen LogP contribution in [0.1, 0.15) is 25.3 Å². The summed E-state index contributed by atoms with van der Waals surface area (Å²) >= 11 is 0. The third kappa shape index (κ3) is 4.62. The first-order valence-corrected chi connectivity index (χ1v) is 6.61. The topological polar surface area (TPSA) is 62.9 Å². The first-order chi connectivity index (χ1) is 9.08. The first kappa shape index (κ1) is 17.2. The summed E-state index contributed by atoms with van der Waals surface area (Å²) in [6.45, 7) is 8.35. The minimum absolute atomic E-state index is 0. The van der Waals surface area contributed by atoms with Gasteiger partial charge < -0.3 is 19.5 Å². The van der Waals surface area contributed by atoms with Crippen LogP contribution in [0.15, 0.2) is 15.6 Å². The number of aliphatic imine (C=N–C) groups is 1. The fraction of sp³-hybridized carbons (Fsp3) is 0.692. The van der Waals surface area contributed by atoms with Gasteiger partial charge in [0.2, 0.25) is 0 Å². The van der Waals surface area contributed by atoms with Gasteiger partial charge in [0.15, 0.2) is 11.7 Å². The molecule has 0 bridgehead atoms. The van der Waals surface area contributed by atoms with E-state index in [1.807, 2.05) is 13.0 Å². The Morgan fingerprint density at radius 3 is 2.60 bits per heavy atom. The molecule has 2 atom stereocenters. The zero-order chi connectivity index (χ0) is 13.8. The van der Waals surface area contributed by atoms with Crippen molar-refractivity contribution in [3.05, 3.63) is 17.5 Å². The van der Waals surface area contributed by atoms with E-state index >= 15 is 0 Å². The summed E-state index contributed by atoms with van der Waals surface area (Å²) < 4.78 is 10.9. The lowest BCUT2D eigenvalue weighted by Gasteiger charge is -2.37. The van der Waals surface area contributed by atoms with Gasteiger partial charge in [0, 0.05) is 26.2 Å². The smallest absolute Gasteiger partial charge is 0.194 e. The molecule has 7 heteroatoms. The summed E-state index contributed by atoms with van der Waals surface area (Å²) in [5.41, 5.74) is 0.889. The standard InChI is InChI=1S/C13H22N4O2.HI/c1-9-5-12(19-16-9)6-15-13(14-4)17-7-10(2)18-11(3)8-17;/h5,10-11H,6-8H2,1-4H3,(H,14,15);1H. The zero-order valence-corrected chi connectivity index (χ0v) is 14.8. The maximum absolute atomic E-state index is 5.72. The highest BCUT2D eigenvalue weighted by Gasteiger charge is 2.24. The molecule has 1 fully saturated rings. The van der Waals surface area contributed by atoms with Crippen LogP contribution in [0.2, 0.25) is 0 Å². The quantitative estimate of drug-likeness (QED) is 0.471. The van der Waals surface area contributed by atoms with Crippen LogP contribution in [0.3, 0.4) is 0 Å². The number of guanidine groups is 1. The number of halogens is 1. The Balaban J connectivity index is 0.00000200. The molecule has 20 heavy (non-hydrogen) atoms. The number of morpholine rings is 1. The van der Waals surface area contributed by atoms with Gasteiger partial charge in [-0.2, -0.15) is 0 Å². The van der Waals surface area contributed by atoms with E-state index in [0.29, 0.717) is 6.54 Å². The van der Waals surface area contributed by atoms with Crippen molar-refractivity contribution in [1.29, 1.82) is 0 Å². The van der Waals surface area contributed by atoms with Crippen LogP contribution in [-0.2, 0) is 11.3 Å². The monoisotopic (exact) mass is 394 g/mol. The highest BCUT2D eigenvalue weighted by atomic mass is 127. The number of hydrogen-bond donors (Lipinski definition) is 1. The molecule has 114 valence electrons. The average Bonchev–Trinajstić information content (AvgIpc) is 2.75. The number of ether oxygens (including phenoxy) is 1. The van der Waals surface area contributed by atoms with Crippen molar-refractivity contribution < 1.29 is 9.26 Å². The number of rotatable bonds is 2. The highest BCUT2D eigenvalue weighted by Crippen LogP contribution is 2.11. The summed E-state index contributed by atoms with van der Waals surface area (Å²) in [4.78, 5) is 6.53. The fourth-order valence-corrected chi connectivity index (χ4v) is 2.35. The summed E-state index contributed by atoms with van der Waals surface area (Å²) in [5.74, 6) is 1.68. The molecule has 0 aliphatic carbocycles. The van der Waals surface area contributed by atoms with Gasteiger partial charge in [-0.3, -0.25) is 4.99 Å². The molecule has 2 unspecified atom stereocenters. The lowest BCUT2D eigenvalue weighted by Crippen LogP contribution is -2.52. The van der Waals surface area contributed by atoms with E-state index < -0.39 is 0 Å². The highest BCUT2D eigenvalue weighted by molar-refractivity contribution is 14.0. The Morgan fingerprint density at radius 1 is 1.45 bits per heavy atom. The number of nitrogens with zero attached hydrogens (tertiary/aromatic N) is 3. The van der Waals surface area contributed by atoms with Gasteiger partial charge in [-0.1, -0.05) is 5.16 Å². The number of hydrogen-bond acceptors (Lipinski definition) is 4. The van der Waals surface area contributed by atoms with Crippen LogP contribution in [0, 0.1) is 6.92 Å². The van der Waals surface area contributed by atoms with Crippen LogP contribution in [-0.4, -0.2) is 48.4 Å². The van der Waals surface area contributed by atoms with Crippen molar-refractivity contribution in [3.63, 3.8) is 0 Å². The third-order valence-corrected chi connectivity index (χ3v) is 3.03. The molecule has 0 saturated carbocycles. The van der Waals surface area contributed by atoms with Crippen molar-refractivity contribution >= 4 is 29.9 Å². The van der Waals surface area contributed by atoms with Gasteiger partial charge in [-0.15, -0.1) is 24.0 Å². The fourth-order valence-electron chi connectivity index (χ4n) is 2.35. The van der Waals surface area contributed by atoms with Crippen molar-refractivity contribution in [2.75, 3.05) is 20.1 Å². The second-order valence-corrected chi connectivity index (χ2v) is 5.00. The second-order valence-electron chi connectivity index (χ2n) is 5.00. The van der Waals surface area contributed by atoms with Gasteiger partial charge in [-0.05, 0) is 20.8 Å². The summed E-state index contributed by atoms with van der Waals surface area (Å²) in [7, 11) is 1.79. The average molecular weight is 394 g/mol. The molecule has 2 rings (SSSR count). The van der Waals surface area contributed by atoms with Crippen LogP contribution in [0.5, 0.6) is 0 Å². The molecule has 1 aliphatic heterocycles. The summed E-state index contributed by atoms with van der Waals surface area (Å²) in [6.07, 6.45) is 0.435. The molecule has 0 aromatic carbocycles. The maximum Gasteiger partial charge on any atom is 0.194 e. The van der Waals surface area contributed by atoms with Gasteiger partial charge in [0.25, 0.3) is 0 Å². The van der Waals surface area contributed by atoms with Crippen LogP contribution in [0.4, 0.5) is 0 Å². The van der Waals surface area contributed by atoms with Crippen molar-refractivity contribution in [2.45, 2.75) is 39.5 Å². The largest absolute Gasteiger partial charge is 0.372 e. The first-order valence-electron chi connectivity index (χ1n) is 6.61. The predicted molar refractivity (Wildman–Crippen MR) is 88.4 cm³/mol. The van der Waals surface area contributed by atoms with E-state index in [1.165, 1.54) is 0 Å². The predicted octanol–water partition coefficient (Wildman–Crippen LogP) is 1.79. The molecule has 1 N–H and O–H groups in total. The summed E-state index contributed by atoms with van der Waals surface area (Å²) in [6, 6.07) is 1.92. The van der Waals surface area contributed by atoms with E-state index in [9.17, 15) is 0 Å². The third-order valence-electron chi connectivity index (χ3n) is 3.03. The molecule has 0 radical (unpaired) electrons. The van der Waals surface area contributed by atoms with Crippen LogP contribution in [0.25, 0.3) is 0 Å². The Kier molecular flexibility index (Phi) is 6.74. The van der Waals surface area contributed by atoms with Gasteiger partial charge in [0.1, 0.15) is 0 Å². The van der Waals surface area contributed by atoms with Crippen molar-refractivity contribution in [3.8, 4) is 0 Å². The van der Waals surface area contributed by atoms with E-state index in [0.717, 1.165) is 30.5 Å². The molecule has 1 aliphatic rings. The van der Waals surface area contributed by atoms with Crippen LogP contribution >= 0.6 is 24.0 Å². The Hall–Kier alpha value is -0.830. The lowest BCUT2D eigenvalue weighted by molar-refractivity contribution is -0.0489. The Morgan fingerprint density at radius 2 is 2.10 bits per heavy atom. The molecular weight excluding hydrogens is 371 g/mol. The van der Waals surface area contributed by atoms with Crippen LogP contribution < -0.4 is 5.32 Å². The molecule has 1 aromatic heterocycles. The lowest BCUT2D eigenvalue weighted by atomic mass is 10.2. The van der Waals surface area contributed by atoms with E-state index in [2.05, 4.69) is 34.2 Å². The number of aromatic nitrogens is 1. The number of nitrogens with one attached hydrogen (secondary N) is 1. The normalized spacial score (nSPS) is 23.4. The van der Waals surface area contributed by atoms with E-state index in [1.54, 1.807) is 7.05 Å². The molecule has 2 heterocycles. The molecule has 1 saturated heterocycles. The van der Waals surface area contributed by atoms with E-state index in [4.69, 9.17) is 9.26 Å². The molecule has 0 spiro atoms. The minimum atomic E-state index is 0. The zero-order valence-electron chi connectivity index (χ0n) is 12.4. The van der Waals surface area contributed by atoms with Gasteiger partial charge >= 0.3 is 0 Å². The van der Waals surface area contributed by atoms with Crippen molar-refractivity contribution in [2.24, 2.45) is 4.99 Å².